The molecule has 116 valence electrons. The molecule has 0 aliphatic carbocycles. The summed E-state index contributed by atoms with van der Waals surface area (Å²) in [5.41, 5.74) is 2.23. The standard InChI is InChI=1S/C16H25N3O2/c1-19-9-7-15(8-10-19)18-16(20)17-11-13-3-5-14(6-4-13)12-21-2/h3-6,15H,7-12H2,1-2H3,(H2,17,18,20). The molecule has 0 bridgehead atoms. The number of carbonyl (C=O) groups excluding carboxylic acids is 1. The quantitative estimate of drug-likeness (QED) is 0.868. The smallest absolute Gasteiger partial charge is 0.315 e. The van der Waals surface area contributed by atoms with Crippen LogP contribution in [0.25, 0.3) is 0 Å². The van der Waals surface area contributed by atoms with E-state index in [1.165, 1.54) is 0 Å². The number of amides is 2. The minimum Gasteiger partial charge on any atom is -0.380 e. The van der Waals surface area contributed by atoms with Crippen molar-refractivity contribution < 1.29 is 9.53 Å². The third-order valence-electron chi connectivity index (χ3n) is 3.84. The molecule has 2 N–H and O–H groups in total. The van der Waals surface area contributed by atoms with E-state index in [9.17, 15) is 4.79 Å². The largest absolute Gasteiger partial charge is 0.380 e. The van der Waals surface area contributed by atoms with Gasteiger partial charge in [-0.25, -0.2) is 4.79 Å². The lowest BCUT2D eigenvalue weighted by Gasteiger charge is -2.29. The molecule has 1 aliphatic heterocycles. The number of methoxy groups -OCH3 is 1. The lowest BCUT2D eigenvalue weighted by Crippen LogP contribution is -2.46. The first-order valence-corrected chi connectivity index (χ1v) is 7.47. The number of benzene rings is 1. The fraction of sp³-hybridized carbons (Fsp3) is 0.562. The molecule has 0 unspecified atom stereocenters. The first-order valence-electron chi connectivity index (χ1n) is 7.47. The van der Waals surface area contributed by atoms with Crippen LogP contribution in [0.1, 0.15) is 24.0 Å². The van der Waals surface area contributed by atoms with E-state index in [4.69, 9.17) is 4.74 Å². The lowest BCUT2D eigenvalue weighted by atomic mass is 10.1. The van der Waals surface area contributed by atoms with Gasteiger partial charge in [-0.2, -0.15) is 0 Å². The van der Waals surface area contributed by atoms with Crippen molar-refractivity contribution in [1.29, 1.82) is 0 Å². The summed E-state index contributed by atoms with van der Waals surface area (Å²) in [6.07, 6.45) is 2.05. The molecule has 5 nitrogen and oxygen atoms in total. The topological polar surface area (TPSA) is 53.6 Å². The van der Waals surface area contributed by atoms with Gasteiger partial charge in [0.05, 0.1) is 6.61 Å². The van der Waals surface area contributed by atoms with Gasteiger partial charge in [0, 0.05) is 19.7 Å². The van der Waals surface area contributed by atoms with Crippen molar-refractivity contribution in [3.05, 3.63) is 35.4 Å². The van der Waals surface area contributed by atoms with Crippen LogP contribution >= 0.6 is 0 Å². The van der Waals surface area contributed by atoms with E-state index in [1.54, 1.807) is 7.11 Å². The summed E-state index contributed by atoms with van der Waals surface area (Å²) in [7, 11) is 3.80. The fourth-order valence-corrected chi connectivity index (χ4v) is 2.49. The summed E-state index contributed by atoms with van der Waals surface area (Å²) in [5, 5.41) is 5.96. The average molecular weight is 291 g/mol. The van der Waals surface area contributed by atoms with Gasteiger partial charge in [0.2, 0.25) is 0 Å². The molecule has 0 aromatic heterocycles. The van der Waals surface area contributed by atoms with Gasteiger partial charge in [0.1, 0.15) is 0 Å². The molecule has 1 aliphatic rings. The zero-order valence-electron chi connectivity index (χ0n) is 12.9. The van der Waals surface area contributed by atoms with Crippen molar-refractivity contribution in [2.45, 2.75) is 32.0 Å². The molecule has 1 aromatic carbocycles. The molecule has 2 amide bonds. The lowest BCUT2D eigenvalue weighted by molar-refractivity contribution is 0.185. The van der Waals surface area contributed by atoms with E-state index < -0.39 is 0 Å². The molecule has 0 spiro atoms. The Bertz CT molecular complexity index is 439. The first kappa shape index (κ1) is 15.8. The number of nitrogens with one attached hydrogen (secondary N) is 2. The second-order valence-electron chi connectivity index (χ2n) is 5.65. The van der Waals surface area contributed by atoms with Gasteiger partial charge in [-0.15, -0.1) is 0 Å². The van der Waals surface area contributed by atoms with Crippen LogP contribution in [-0.2, 0) is 17.9 Å². The van der Waals surface area contributed by atoms with E-state index in [0.717, 1.165) is 37.1 Å². The van der Waals surface area contributed by atoms with Crippen LogP contribution < -0.4 is 10.6 Å². The molecular formula is C16H25N3O2. The minimum absolute atomic E-state index is 0.0782. The van der Waals surface area contributed by atoms with Crippen LogP contribution in [-0.4, -0.2) is 44.2 Å². The number of rotatable bonds is 5. The van der Waals surface area contributed by atoms with Gasteiger partial charge >= 0.3 is 6.03 Å². The summed E-state index contributed by atoms with van der Waals surface area (Å²) in [6.45, 7) is 3.26. The summed E-state index contributed by atoms with van der Waals surface area (Å²) < 4.78 is 5.07. The molecule has 1 heterocycles. The molecule has 1 aromatic rings. The predicted molar refractivity (Wildman–Crippen MR) is 83.0 cm³/mol. The van der Waals surface area contributed by atoms with E-state index in [2.05, 4.69) is 22.6 Å². The second-order valence-corrected chi connectivity index (χ2v) is 5.65. The molecule has 5 heteroatoms. The van der Waals surface area contributed by atoms with Crippen molar-refractivity contribution in [1.82, 2.24) is 15.5 Å². The zero-order chi connectivity index (χ0) is 15.1. The molecule has 1 saturated heterocycles. The Kier molecular flexibility index (Phi) is 6.02. The van der Waals surface area contributed by atoms with E-state index >= 15 is 0 Å². The average Bonchev–Trinajstić information content (AvgIpc) is 2.49. The number of piperidine rings is 1. The highest BCUT2D eigenvalue weighted by Gasteiger charge is 2.17. The van der Waals surface area contributed by atoms with Crippen molar-refractivity contribution in [2.24, 2.45) is 0 Å². The van der Waals surface area contributed by atoms with Crippen LogP contribution in [0.2, 0.25) is 0 Å². The number of carbonyl (C=O) groups is 1. The van der Waals surface area contributed by atoms with Gasteiger partial charge in [0.25, 0.3) is 0 Å². The van der Waals surface area contributed by atoms with Gasteiger partial charge in [-0.05, 0) is 44.1 Å². The number of urea groups is 1. The van der Waals surface area contributed by atoms with Crippen LogP contribution in [0, 0.1) is 0 Å². The normalized spacial score (nSPS) is 16.7. The monoisotopic (exact) mass is 291 g/mol. The highest BCUT2D eigenvalue weighted by atomic mass is 16.5. The molecule has 0 atom stereocenters. The minimum atomic E-state index is -0.0782. The summed E-state index contributed by atoms with van der Waals surface area (Å²) in [5.74, 6) is 0. The Hall–Kier alpha value is -1.59. The summed E-state index contributed by atoms with van der Waals surface area (Å²) in [4.78, 5) is 14.2. The summed E-state index contributed by atoms with van der Waals surface area (Å²) in [6, 6.07) is 8.30. The number of hydrogen-bond acceptors (Lipinski definition) is 3. The van der Waals surface area contributed by atoms with Gasteiger partial charge in [0.15, 0.2) is 0 Å². The van der Waals surface area contributed by atoms with Crippen molar-refractivity contribution in [3.63, 3.8) is 0 Å². The van der Waals surface area contributed by atoms with Crippen LogP contribution in [0.4, 0.5) is 4.79 Å². The summed E-state index contributed by atoms with van der Waals surface area (Å²) >= 11 is 0. The SMILES string of the molecule is COCc1ccc(CNC(=O)NC2CCN(C)CC2)cc1. The van der Waals surface area contributed by atoms with Crippen LogP contribution in [0.3, 0.4) is 0 Å². The van der Waals surface area contributed by atoms with E-state index in [1.807, 2.05) is 24.3 Å². The van der Waals surface area contributed by atoms with Gasteiger partial charge < -0.3 is 20.3 Å². The maximum Gasteiger partial charge on any atom is 0.315 e. The third-order valence-corrected chi connectivity index (χ3v) is 3.84. The molecule has 21 heavy (non-hydrogen) atoms. The Morgan fingerprint density at radius 1 is 1.24 bits per heavy atom. The maximum absolute atomic E-state index is 11.9. The number of nitrogens with zero attached hydrogens (tertiary/aromatic N) is 1. The fourth-order valence-electron chi connectivity index (χ4n) is 2.49. The molecule has 1 fully saturated rings. The molecule has 2 rings (SSSR count). The molecule has 0 radical (unpaired) electrons. The highest BCUT2D eigenvalue weighted by molar-refractivity contribution is 5.74. The molecule has 0 saturated carbocycles. The Labute approximate surface area is 126 Å². The number of likely N-dealkylation sites (tertiary alicyclic amines) is 1. The van der Waals surface area contributed by atoms with Crippen LogP contribution in [0.5, 0.6) is 0 Å². The van der Waals surface area contributed by atoms with Crippen molar-refractivity contribution >= 4 is 6.03 Å². The van der Waals surface area contributed by atoms with Crippen molar-refractivity contribution in [3.8, 4) is 0 Å². The van der Waals surface area contributed by atoms with Gasteiger partial charge in [-0.3, -0.25) is 0 Å². The first-order chi connectivity index (χ1) is 10.2. The Morgan fingerprint density at radius 3 is 2.48 bits per heavy atom. The zero-order valence-corrected chi connectivity index (χ0v) is 12.9. The Balaban J connectivity index is 1.71. The van der Waals surface area contributed by atoms with E-state index in [0.29, 0.717) is 19.2 Å². The third kappa shape index (κ3) is 5.36. The second kappa shape index (κ2) is 8.00. The molecular weight excluding hydrogens is 266 g/mol. The Morgan fingerprint density at radius 2 is 1.86 bits per heavy atom. The highest BCUT2D eigenvalue weighted by Crippen LogP contribution is 2.08. The van der Waals surface area contributed by atoms with Gasteiger partial charge in [-0.1, -0.05) is 24.3 Å². The van der Waals surface area contributed by atoms with E-state index in [-0.39, 0.29) is 6.03 Å². The predicted octanol–water partition coefficient (Wildman–Crippen LogP) is 1.73. The number of ether oxygens (including phenoxy) is 1. The van der Waals surface area contributed by atoms with Crippen molar-refractivity contribution in [2.75, 3.05) is 27.2 Å². The maximum atomic E-state index is 11.9. The van der Waals surface area contributed by atoms with Crippen LogP contribution in [0.15, 0.2) is 24.3 Å². The number of hydrogen-bond donors (Lipinski definition) is 2.